The molecule has 4 heterocycles. The Bertz CT molecular complexity index is 1510. The van der Waals surface area contributed by atoms with E-state index < -0.39 is 69.1 Å². The van der Waals surface area contributed by atoms with Crippen molar-refractivity contribution >= 4 is 50.1 Å². The Morgan fingerprint density at radius 1 is 1.27 bits per heavy atom. The summed E-state index contributed by atoms with van der Waals surface area (Å²) < 4.78 is 68.2. The molecule has 3 aliphatic heterocycles. The van der Waals surface area contributed by atoms with Crippen molar-refractivity contribution in [1.82, 2.24) is 20.5 Å². The van der Waals surface area contributed by atoms with Crippen LogP contribution in [0.4, 0.5) is 13.2 Å². The third-order valence-corrected chi connectivity index (χ3v) is 9.15. The summed E-state index contributed by atoms with van der Waals surface area (Å²) in [5, 5.41) is 4.55. The van der Waals surface area contributed by atoms with E-state index in [1.807, 2.05) is 0 Å². The van der Waals surface area contributed by atoms with Crippen LogP contribution in [0.15, 0.2) is 35.5 Å². The molecule has 3 N–H and O–H groups in total. The predicted octanol–water partition coefficient (Wildman–Crippen LogP) is 3.32. The molecule has 2 aromatic rings. The van der Waals surface area contributed by atoms with Gasteiger partial charge in [0.25, 0.3) is 11.8 Å². The molecule has 1 aromatic heterocycles. The highest BCUT2D eigenvalue weighted by Gasteiger charge is 2.60. The average molecular weight is 601 g/mol. The van der Waals surface area contributed by atoms with Gasteiger partial charge in [-0.15, -0.1) is 0 Å². The molecule has 216 valence electrons. The Morgan fingerprint density at radius 2 is 2.02 bits per heavy atom. The lowest BCUT2D eigenvalue weighted by Crippen LogP contribution is -2.68. The lowest BCUT2D eigenvalue weighted by atomic mass is 9.71. The molecule has 0 unspecified atom stereocenters. The number of hydrogen-bond acceptors (Lipinski definition) is 5. The van der Waals surface area contributed by atoms with Crippen LogP contribution in [-0.4, -0.2) is 72.9 Å². The zero-order chi connectivity index (χ0) is 29.0. The van der Waals surface area contributed by atoms with E-state index in [4.69, 9.17) is 11.6 Å². The van der Waals surface area contributed by atoms with Crippen molar-refractivity contribution in [2.75, 3.05) is 12.8 Å². The lowest BCUT2D eigenvalue weighted by Gasteiger charge is -2.53. The summed E-state index contributed by atoms with van der Waals surface area (Å²) in [6.45, 7) is 0.359. The number of benzene rings is 1. The summed E-state index contributed by atoms with van der Waals surface area (Å²) in [5.74, 6) is -7.37. The zero-order valence-corrected chi connectivity index (χ0v) is 23.0. The number of amides is 3. The minimum Gasteiger partial charge on any atom is -0.356 e. The molecule has 14 heteroatoms. The molecular formula is C26H28ClF3N4O5S. The Hall–Kier alpha value is -3.06. The third-order valence-electron chi connectivity index (χ3n) is 7.99. The van der Waals surface area contributed by atoms with Gasteiger partial charge in [-0.25, -0.2) is 17.2 Å². The van der Waals surface area contributed by atoms with E-state index in [9.17, 15) is 27.2 Å². The van der Waals surface area contributed by atoms with Crippen LogP contribution in [0.2, 0.25) is 5.02 Å². The molecule has 2 bridgehead atoms. The molecule has 4 aliphatic rings. The van der Waals surface area contributed by atoms with E-state index >= 15 is 8.78 Å². The predicted molar refractivity (Wildman–Crippen MR) is 141 cm³/mol. The fourth-order valence-corrected chi connectivity index (χ4v) is 6.71. The van der Waals surface area contributed by atoms with Gasteiger partial charge in [0, 0.05) is 36.6 Å². The molecule has 3 amide bonds. The van der Waals surface area contributed by atoms with Crippen LogP contribution in [0, 0.1) is 11.8 Å². The van der Waals surface area contributed by atoms with Crippen molar-refractivity contribution < 1.29 is 36.0 Å². The number of halogens is 4. The van der Waals surface area contributed by atoms with E-state index in [1.54, 1.807) is 18.2 Å². The van der Waals surface area contributed by atoms with E-state index in [0.717, 1.165) is 4.90 Å². The molecule has 1 aromatic carbocycles. The SMILES string of the molecule is CS(=O)(=O)/C(F)=C/[C@@H](C[C@H]1CCNC1=O)NC(=O)[C@@H]1[C@@H]2CC[C@@H](CC2(F)F)N1C(=O)c1cc2cccc(Cl)c2[nH]1. The second-order valence-electron chi connectivity index (χ2n) is 10.7. The molecule has 9 nitrogen and oxygen atoms in total. The van der Waals surface area contributed by atoms with Gasteiger partial charge in [0.1, 0.15) is 11.7 Å². The molecule has 1 aliphatic carbocycles. The Kier molecular flexibility index (Phi) is 7.40. The van der Waals surface area contributed by atoms with Crippen LogP contribution in [0.3, 0.4) is 0 Å². The molecule has 0 spiro atoms. The molecule has 4 fully saturated rings. The lowest BCUT2D eigenvalue weighted by molar-refractivity contribution is -0.179. The maximum Gasteiger partial charge on any atom is 0.271 e. The number of aromatic amines is 1. The minimum absolute atomic E-state index is 0.0126. The normalized spacial score (nSPS) is 27.1. The maximum atomic E-state index is 15.1. The van der Waals surface area contributed by atoms with Gasteiger partial charge in [0.2, 0.25) is 26.8 Å². The van der Waals surface area contributed by atoms with Gasteiger partial charge < -0.3 is 20.5 Å². The number of sulfone groups is 1. The number of para-hydroxylation sites is 1. The number of H-pyrrole nitrogens is 1. The highest BCUT2D eigenvalue weighted by atomic mass is 35.5. The largest absolute Gasteiger partial charge is 0.356 e. The summed E-state index contributed by atoms with van der Waals surface area (Å²) in [5.41, 5.74) is 0.552. The number of rotatable bonds is 7. The highest BCUT2D eigenvalue weighted by Crippen LogP contribution is 2.49. The first kappa shape index (κ1) is 28.5. The highest BCUT2D eigenvalue weighted by molar-refractivity contribution is 7.94. The number of carbonyl (C=O) groups excluding carboxylic acids is 3. The van der Waals surface area contributed by atoms with E-state index in [2.05, 4.69) is 15.6 Å². The van der Waals surface area contributed by atoms with Crippen LogP contribution >= 0.6 is 11.6 Å². The second kappa shape index (κ2) is 10.4. The standard InChI is InChI=1S/C26H28ClF3N4O5S/c1-40(38,39)20(28)11-15(9-14-7-8-31-23(14)35)32-24(36)22-17-6-5-16(12-26(17,29)30)34(22)25(37)19-10-13-3-2-4-18(27)21(13)33-19/h2-4,10-11,14-17,22,33H,5-9,12H2,1H3,(H,31,35)(H,32,36)/b20-11+/t14-,15-,16+,17+,22+/m1/s1. The van der Waals surface area contributed by atoms with Crippen molar-refractivity contribution in [3.05, 3.63) is 46.2 Å². The van der Waals surface area contributed by atoms with Crippen molar-refractivity contribution in [1.29, 1.82) is 0 Å². The van der Waals surface area contributed by atoms with E-state index in [-0.39, 0.29) is 30.9 Å². The molecule has 1 saturated carbocycles. The molecular weight excluding hydrogens is 573 g/mol. The van der Waals surface area contributed by atoms with Crippen molar-refractivity contribution in [2.24, 2.45) is 11.8 Å². The maximum absolute atomic E-state index is 15.1. The van der Waals surface area contributed by atoms with Gasteiger partial charge in [-0.3, -0.25) is 14.4 Å². The molecule has 0 radical (unpaired) electrons. The Balaban J connectivity index is 1.48. The molecule has 40 heavy (non-hydrogen) atoms. The monoisotopic (exact) mass is 600 g/mol. The van der Waals surface area contributed by atoms with Gasteiger partial charge >= 0.3 is 0 Å². The summed E-state index contributed by atoms with van der Waals surface area (Å²) in [4.78, 5) is 43.6. The Labute approximate surface area is 233 Å². The van der Waals surface area contributed by atoms with Crippen LogP contribution < -0.4 is 10.6 Å². The molecule has 3 saturated heterocycles. The number of nitrogens with one attached hydrogen (secondary N) is 3. The van der Waals surface area contributed by atoms with Gasteiger partial charge in [0.05, 0.1) is 22.5 Å². The van der Waals surface area contributed by atoms with Crippen LogP contribution in [0.25, 0.3) is 10.9 Å². The fraction of sp³-hybridized carbons (Fsp3) is 0.500. The molecule has 6 rings (SSSR count). The van der Waals surface area contributed by atoms with Crippen LogP contribution in [0.5, 0.6) is 0 Å². The average Bonchev–Trinajstić information content (AvgIpc) is 3.49. The number of nitrogens with zero attached hydrogens (tertiary/aromatic N) is 1. The fourth-order valence-electron chi connectivity index (χ4n) is 6.07. The van der Waals surface area contributed by atoms with Crippen molar-refractivity contribution in [3.8, 4) is 0 Å². The van der Waals surface area contributed by atoms with E-state index in [1.165, 1.54) is 6.07 Å². The van der Waals surface area contributed by atoms with Gasteiger partial charge in [0.15, 0.2) is 0 Å². The van der Waals surface area contributed by atoms with Crippen LogP contribution in [-0.2, 0) is 19.4 Å². The second-order valence-corrected chi connectivity index (χ2v) is 13.1. The zero-order valence-electron chi connectivity index (χ0n) is 21.4. The first-order valence-corrected chi connectivity index (χ1v) is 15.2. The van der Waals surface area contributed by atoms with Crippen molar-refractivity contribution in [2.45, 2.75) is 56.2 Å². The number of aromatic nitrogens is 1. The van der Waals surface area contributed by atoms with E-state index in [0.29, 0.717) is 41.2 Å². The third kappa shape index (κ3) is 5.32. The van der Waals surface area contributed by atoms with Gasteiger partial charge in [-0.2, -0.15) is 4.39 Å². The molecule has 5 atom stereocenters. The summed E-state index contributed by atoms with van der Waals surface area (Å²) >= 11 is 6.22. The summed E-state index contributed by atoms with van der Waals surface area (Å²) in [7, 11) is -4.27. The van der Waals surface area contributed by atoms with Gasteiger partial charge in [-0.1, -0.05) is 23.7 Å². The number of fused-ring (bicyclic) bond motifs is 4. The number of carbonyl (C=O) groups is 3. The van der Waals surface area contributed by atoms with Gasteiger partial charge in [-0.05, 0) is 43.9 Å². The topological polar surface area (TPSA) is 128 Å². The van der Waals surface area contributed by atoms with Crippen molar-refractivity contribution in [3.63, 3.8) is 0 Å². The number of alkyl halides is 2. The first-order chi connectivity index (χ1) is 18.8. The smallest absolute Gasteiger partial charge is 0.271 e. The first-order valence-electron chi connectivity index (χ1n) is 12.9. The minimum atomic E-state index is -4.27. The van der Waals surface area contributed by atoms with Crippen LogP contribution in [0.1, 0.15) is 42.6 Å². The summed E-state index contributed by atoms with van der Waals surface area (Å²) in [6, 6.07) is 2.74. The number of hydrogen-bond donors (Lipinski definition) is 3. The Morgan fingerprint density at radius 3 is 2.65 bits per heavy atom. The number of piperidine rings is 2. The summed E-state index contributed by atoms with van der Waals surface area (Å²) in [6.07, 6.45) is 1.19. The quantitative estimate of drug-likeness (QED) is 0.449.